The molecule has 0 radical (unpaired) electrons. The van der Waals surface area contributed by atoms with Crippen LogP contribution in [0.25, 0.3) is 0 Å². The fourth-order valence-electron chi connectivity index (χ4n) is 2.83. The molecule has 23 heavy (non-hydrogen) atoms. The molecule has 1 aliphatic rings. The summed E-state index contributed by atoms with van der Waals surface area (Å²) >= 11 is 0. The molecule has 118 valence electrons. The Morgan fingerprint density at radius 1 is 1.22 bits per heavy atom. The molecule has 0 aliphatic carbocycles. The van der Waals surface area contributed by atoms with Gasteiger partial charge in [-0.25, -0.2) is 14.8 Å². The highest BCUT2D eigenvalue weighted by Gasteiger charge is 2.35. The molecular formula is C17H17N3O3. The van der Waals surface area contributed by atoms with Crippen molar-refractivity contribution in [1.82, 2.24) is 14.9 Å². The number of ether oxygens (including phenoxy) is 1. The molecule has 2 heterocycles. The standard InChI is InChI=1S/C17H17N3O3/c1-23-17(22)15-7-13-4-2-3-5-14(13)10-20(15)16(21)6-12-8-18-11-19-9-12/h2-5,8-9,11,15H,6-7,10H2,1H3/t15-/m0/s1. The lowest BCUT2D eigenvalue weighted by molar-refractivity contribution is -0.153. The number of esters is 1. The predicted octanol–water partition coefficient (Wildman–Crippen LogP) is 1.15. The highest BCUT2D eigenvalue weighted by molar-refractivity contribution is 5.86. The second-order valence-electron chi connectivity index (χ2n) is 5.46. The molecule has 0 fully saturated rings. The summed E-state index contributed by atoms with van der Waals surface area (Å²) in [4.78, 5) is 34.2. The van der Waals surface area contributed by atoms with Gasteiger partial charge in [0.05, 0.1) is 13.5 Å². The van der Waals surface area contributed by atoms with Gasteiger partial charge in [0, 0.05) is 25.4 Å². The third-order valence-electron chi connectivity index (χ3n) is 4.01. The lowest BCUT2D eigenvalue weighted by Crippen LogP contribution is -2.49. The number of fused-ring (bicyclic) bond motifs is 1. The van der Waals surface area contributed by atoms with E-state index in [1.165, 1.54) is 13.4 Å². The Bertz CT molecular complexity index is 718. The molecule has 0 unspecified atom stereocenters. The second kappa shape index (κ2) is 6.56. The van der Waals surface area contributed by atoms with E-state index in [-0.39, 0.29) is 12.3 Å². The van der Waals surface area contributed by atoms with Gasteiger partial charge < -0.3 is 9.64 Å². The lowest BCUT2D eigenvalue weighted by atomic mass is 9.93. The summed E-state index contributed by atoms with van der Waals surface area (Å²) in [7, 11) is 1.34. The van der Waals surface area contributed by atoms with Crippen molar-refractivity contribution < 1.29 is 14.3 Å². The van der Waals surface area contributed by atoms with Crippen LogP contribution in [-0.4, -0.2) is 39.9 Å². The van der Waals surface area contributed by atoms with Gasteiger partial charge >= 0.3 is 5.97 Å². The zero-order chi connectivity index (χ0) is 16.2. The molecule has 3 rings (SSSR count). The summed E-state index contributed by atoms with van der Waals surface area (Å²) in [6.07, 6.45) is 5.27. The van der Waals surface area contributed by atoms with Crippen LogP contribution < -0.4 is 0 Å². The topological polar surface area (TPSA) is 72.4 Å². The number of rotatable bonds is 3. The molecule has 0 saturated carbocycles. The number of methoxy groups -OCH3 is 1. The van der Waals surface area contributed by atoms with Crippen molar-refractivity contribution in [3.8, 4) is 0 Å². The van der Waals surface area contributed by atoms with Gasteiger partial charge in [0.2, 0.25) is 5.91 Å². The molecule has 6 nitrogen and oxygen atoms in total. The zero-order valence-electron chi connectivity index (χ0n) is 12.8. The summed E-state index contributed by atoms with van der Waals surface area (Å²) < 4.78 is 4.88. The van der Waals surface area contributed by atoms with Gasteiger partial charge in [-0.2, -0.15) is 0 Å². The van der Waals surface area contributed by atoms with E-state index < -0.39 is 12.0 Å². The third-order valence-corrected chi connectivity index (χ3v) is 4.01. The SMILES string of the molecule is COC(=O)[C@@H]1Cc2ccccc2CN1C(=O)Cc1cncnc1. The molecule has 0 saturated heterocycles. The Balaban J connectivity index is 1.85. The maximum Gasteiger partial charge on any atom is 0.328 e. The molecule has 0 N–H and O–H groups in total. The number of benzene rings is 1. The highest BCUT2D eigenvalue weighted by Crippen LogP contribution is 2.24. The van der Waals surface area contributed by atoms with Gasteiger partial charge in [0.1, 0.15) is 12.4 Å². The summed E-state index contributed by atoms with van der Waals surface area (Å²) in [5.41, 5.74) is 2.86. The van der Waals surface area contributed by atoms with Gasteiger partial charge in [-0.1, -0.05) is 24.3 Å². The molecule has 0 spiro atoms. The molecule has 1 aromatic carbocycles. The largest absolute Gasteiger partial charge is 0.467 e. The average molecular weight is 311 g/mol. The zero-order valence-corrected chi connectivity index (χ0v) is 12.8. The minimum absolute atomic E-state index is 0.135. The fourth-order valence-corrected chi connectivity index (χ4v) is 2.83. The quantitative estimate of drug-likeness (QED) is 0.795. The van der Waals surface area contributed by atoms with Gasteiger partial charge in [-0.05, 0) is 16.7 Å². The first-order valence-electron chi connectivity index (χ1n) is 7.37. The van der Waals surface area contributed by atoms with Gasteiger partial charge in [-0.15, -0.1) is 0 Å². The van der Waals surface area contributed by atoms with Crippen LogP contribution in [0.3, 0.4) is 0 Å². The van der Waals surface area contributed by atoms with Gasteiger partial charge in [-0.3, -0.25) is 4.79 Å². The first-order chi connectivity index (χ1) is 11.2. The van der Waals surface area contributed by atoms with Crippen LogP contribution in [0.5, 0.6) is 0 Å². The van der Waals surface area contributed by atoms with Gasteiger partial charge in [0.15, 0.2) is 0 Å². The van der Waals surface area contributed by atoms with Crippen LogP contribution in [0.4, 0.5) is 0 Å². The van der Waals surface area contributed by atoms with Crippen molar-refractivity contribution >= 4 is 11.9 Å². The van der Waals surface area contributed by atoms with Crippen molar-refractivity contribution in [2.75, 3.05) is 7.11 Å². The molecule has 6 heteroatoms. The first kappa shape index (κ1) is 15.1. The van der Waals surface area contributed by atoms with E-state index in [0.717, 1.165) is 16.7 Å². The van der Waals surface area contributed by atoms with E-state index >= 15 is 0 Å². The Morgan fingerprint density at radius 2 is 1.91 bits per heavy atom. The lowest BCUT2D eigenvalue weighted by Gasteiger charge is -2.35. The van der Waals surface area contributed by atoms with Crippen LogP contribution in [0.2, 0.25) is 0 Å². The van der Waals surface area contributed by atoms with E-state index in [1.807, 2.05) is 24.3 Å². The number of carbonyl (C=O) groups excluding carboxylic acids is 2. The summed E-state index contributed by atoms with van der Waals surface area (Å²) in [6.45, 7) is 0.405. The van der Waals surface area contributed by atoms with Crippen LogP contribution in [0, 0.1) is 0 Å². The minimum atomic E-state index is -0.591. The van der Waals surface area contributed by atoms with Crippen molar-refractivity contribution in [1.29, 1.82) is 0 Å². The van der Waals surface area contributed by atoms with Crippen LogP contribution in [0.1, 0.15) is 16.7 Å². The minimum Gasteiger partial charge on any atom is -0.467 e. The number of carbonyl (C=O) groups is 2. The highest BCUT2D eigenvalue weighted by atomic mass is 16.5. The maximum atomic E-state index is 12.7. The van der Waals surface area contributed by atoms with Crippen molar-refractivity contribution in [3.05, 3.63) is 59.7 Å². The molecule has 1 amide bonds. The molecule has 1 aromatic heterocycles. The summed E-state index contributed by atoms with van der Waals surface area (Å²) in [5, 5.41) is 0. The predicted molar refractivity (Wildman–Crippen MR) is 82.2 cm³/mol. The number of aromatic nitrogens is 2. The second-order valence-corrected chi connectivity index (χ2v) is 5.46. The third kappa shape index (κ3) is 3.21. The van der Waals surface area contributed by atoms with Crippen molar-refractivity contribution in [3.63, 3.8) is 0 Å². The van der Waals surface area contributed by atoms with Crippen LogP contribution >= 0.6 is 0 Å². The van der Waals surface area contributed by atoms with Gasteiger partial charge in [0.25, 0.3) is 0 Å². The van der Waals surface area contributed by atoms with Crippen LogP contribution in [0.15, 0.2) is 43.0 Å². The maximum absolute atomic E-state index is 12.7. The molecule has 1 aliphatic heterocycles. The normalized spacial score (nSPS) is 16.6. The number of hydrogen-bond donors (Lipinski definition) is 0. The number of amides is 1. The summed E-state index contributed by atoms with van der Waals surface area (Å²) in [6, 6.07) is 7.25. The van der Waals surface area contributed by atoms with Crippen LogP contribution in [-0.2, 0) is 33.7 Å². The van der Waals surface area contributed by atoms with E-state index in [1.54, 1.807) is 17.3 Å². The van der Waals surface area contributed by atoms with E-state index in [0.29, 0.717) is 13.0 Å². The van der Waals surface area contributed by atoms with E-state index in [4.69, 9.17) is 4.74 Å². The Kier molecular flexibility index (Phi) is 4.32. The average Bonchev–Trinajstić information content (AvgIpc) is 2.60. The fraction of sp³-hybridized carbons (Fsp3) is 0.294. The Morgan fingerprint density at radius 3 is 2.61 bits per heavy atom. The Labute approximate surface area is 134 Å². The number of nitrogens with zero attached hydrogens (tertiary/aromatic N) is 3. The van der Waals surface area contributed by atoms with E-state index in [2.05, 4.69) is 9.97 Å². The first-order valence-corrected chi connectivity index (χ1v) is 7.37. The van der Waals surface area contributed by atoms with Crippen molar-refractivity contribution in [2.45, 2.75) is 25.4 Å². The molecule has 1 atom stereocenters. The Hall–Kier alpha value is -2.76. The monoisotopic (exact) mass is 311 g/mol. The van der Waals surface area contributed by atoms with E-state index in [9.17, 15) is 9.59 Å². The molecule has 0 bridgehead atoms. The summed E-state index contributed by atoms with van der Waals surface area (Å²) in [5.74, 6) is -0.526. The molecular weight excluding hydrogens is 294 g/mol. The van der Waals surface area contributed by atoms with Crippen molar-refractivity contribution in [2.24, 2.45) is 0 Å². The molecule has 2 aromatic rings. The smallest absolute Gasteiger partial charge is 0.328 e. The number of hydrogen-bond acceptors (Lipinski definition) is 5.